The lowest BCUT2D eigenvalue weighted by Gasteiger charge is -2.20. The number of aromatic nitrogens is 3. The van der Waals surface area contributed by atoms with Crippen molar-refractivity contribution in [3.05, 3.63) is 45.7 Å². The summed E-state index contributed by atoms with van der Waals surface area (Å²) in [4.78, 5) is 34.0. The molecule has 1 saturated carbocycles. The van der Waals surface area contributed by atoms with E-state index in [0.717, 1.165) is 25.8 Å². The summed E-state index contributed by atoms with van der Waals surface area (Å²) in [7, 11) is 0. The molecule has 1 amide bonds. The number of hydrogen-bond donors (Lipinski definition) is 0. The SMILES string of the molecule is Cc1nc(C([N+](=O)C(=O)c2cc([C@H](C)C(F)(F)F)c(C3CC3)cn2)C(C)(C)C)no1. The van der Waals surface area contributed by atoms with E-state index in [1.807, 2.05) is 0 Å². The fraction of sp³-hybridized carbons (Fsp3) is 0.600. The van der Waals surface area contributed by atoms with E-state index in [-0.39, 0.29) is 33.7 Å². The molecule has 1 unspecified atom stereocenters. The molecule has 2 aromatic rings. The van der Waals surface area contributed by atoms with Crippen molar-refractivity contribution in [3.8, 4) is 0 Å². The number of pyridine rings is 1. The summed E-state index contributed by atoms with van der Waals surface area (Å²) in [5.74, 6) is -2.55. The maximum atomic E-state index is 13.4. The van der Waals surface area contributed by atoms with E-state index in [0.29, 0.717) is 5.56 Å². The molecule has 10 heteroatoms. The van der Waals surface area contributed by atoms with Crippen molar-refractivity contribution < 1.29 is 27.2 Å². The van der Waals surface area contributed by atoms with Gasteiger partial charge in [-0.05, 0) is 42.9 Å². The minimum Gasteiger partial charge on any atom is -0.339 e. The Morgan fingerprint density at radius 3 is 2.37 bits per heavy atom. The molecule has 7 nitrogen and oxygen atoms in total. The van der Waals surface area contributed by atoms with Gasteiger partial charge in [0.25, 0.3) is 6.04 Å². The van der Waals surface area contributed by atoms with Crippen molar-refractivity contribution in [3.63, 3.8) is 0 Å². The predicted molar refractivity (Wildman–Crippen MR) is 99.9 cm³/mol. The minimum atomic E-state index is -4.47. The third-order valence-electron chi connectivity index (χ3n) is 5.20. The summed E-state index contributed by atoms with van der Waals surface area (Å²) in [5, 5.41) is 3.75. The van der Waals surface area contributed by atoms with Gasteiger partial charge in [-0.2, -0.15) is 18.2 Å². The molecule has 1 aliphatic rings. The lowest BCUT2D eigenvalue weighted by atomic mass is 9.86. The number of nitrogens with zero attached hydrogens (tertiary/aromatic N) is 4. The Kier molecular flexibility index (Phi) is 5.55. The van der Waals surface area contributed by atoms with Crippen molar-refractivity contribution in [2.45, 2.75) is 71.5 Å². The molecule has 3 rings (SSSR count). The standard InChI is InChI=1S/C20H24F3N4O3/c1-10(20(21,22)23)13-8-15(24-9-14(13)12-6-7-12)18(28)27(29)16(19(3,4)5)17-25-11(2)30-26-17/h8-10,12,16H,6-7H2,1-5H3/q+1/t10-,16?/m0/s1. The van der Waals surface area contributed by atoms with E-state index in [1.54, 1.807) is 27.7 Å². The van der Waals surface area contributed by atoms with Gasteiger partial charge in [0.15, 0.2) is 5.69 Å². The number of amides is 1. The first kappa shape index (κ1) is 22.0. The monoisotopic (exact) mass is 425 g/mol. The Bertz CT molecular complexity index is 974. The molecule has 162 valence electrons. The second-order valence-corrected chi connectivity index (χ2v) is 8.81. The van der Waals surface area contributed by atoms with Gasteiger partial charge in [0.2, 0.25) is 11.7 Å². The van der Waals surface area contributed by atoms with Gasteiger partial charge in [-0.15, -0.1) is 0 Å². The number of rotatable bonds is 5. The second kappa shape index (κ2) is 7.55. The molecule has 0 radical (unpaired) electrons. The van der Waals surface area contributed by atoms with Crippen LogP contribution in [0, 0.1) is 17.2 Å². The van der Waals surface area contributed by atoms with Gasteiger partial charge in [0.1, 0.15) is 0 Å². The molecule has 0 spiro atoms. The minimum absolute atomic E-state index is 0.00874. The molecule has 2 aromatic heterocycles. The Morgan fingerprint density at radius 2 is 1.90 bits per heavy atom. The Morgan fingerprint density at radius 1 is 1.27 bits per heavy atom. The Hall–Kier alpha value is -2.65. The summed E-state index contributed by atoms with van der Waals surface area (Å²) >= 11 is 0. The zero-order valence-corrected chi connectivity index (χ0v) is 17.4. The number of carbonyl (C=O) groups excluding carboxylic acids is 1. The summed E-state index contributed by atoms with van der Waals surface area (Å²) in [6, 6.07) is -0.00361. The van der Waals surface area contributed by atoms with Crippen LogP contribution in [0.25, 0.3) is 0 Å². The van der Waals surface area contributed by atoms with Gasteiger partial charge in [-0.1, -0.05) is 25.9 Å². The van der Waals surface area contributed by atoms with Crippen LogP contribution >= 0.6 is 0 Å². The van der Waals surface area contributed by atoms with Crippen LogP contribution in [0.5, 0.6) is 0 Å². The largest absolute Gasteiger partial charge is 0.484 e. The van der Waals surface area contributed by atoms with Crippen LogP contribution in [0.4, 0.5) is 13.2 Å². The van der Waals surface area contributed by atoms with Gasteiger partial charge >= 0.3 is 12.1 Å². The molecule has 0 N–H and O–H groups in total. The molecule has 0 aliphatic heterocycles. The number of hydrogen-bond acceptors (Lipinski definition) is 6. The lowest BCUT2D eigenvalue weighted by molar-refractivity contribution is -0.520. The van der Waals surface area contributed by atoms with Crippen LogP contribution in [-0.2, 0) is 0 Å². The average Bonchev–Trinajstić information content (AvgIpc) is 3.40. The number of halogens is 3. The van der Waals surface area contributed by atoms with E-state index < -0.39 is 29.5 Å². The third-order valence-corrected chi connectivity index (χ3v) is 5.20. The molecule has 0 aromatic carbocycles. The molecular weight excluding hydrogens is 401 g/mol. The van der Waals surface area contributed by atoms with E-state index in [1.165, 1.54) is 6.20 Å². The van der Waals surface area contributed by atoms with Crippen molar-refractivity contribution in [1.82, 2.24) is 15.1 Å². The summed E-state index contributed by atoms with van der Waals surface area (Å²) < 4.78 is 45.3. The molecule has 0 bridgehead atoms. The summed E-state index contributed by atoms with van der Waals surface area (Å²) in [6.07, 6.45) is -1.62. The zero-order valence-electron chi connectivity index (χ0n) is 17.4. The maximum Gasteiger partial charge on any atom is 0.484 e. The number of aryl methyl sites for hydroxylation is 1. The topological polar surface area (TPSA) is 89.0 Å². The third kappa shape index (κ3) is 4.41. The number of nitroso groups, excluding NO2 is 1. The molecule has 2 heterocycles. The van der Waals surface area contributed by atoms with Crippen LogP contribution in [0.2, 0.25) is 0 Å². The molecule has 2 atom stereocenters. The van der Waals surface area contributed by atoms with Gasteiger partial charge < -0.3 is 4.52 Å². The predicted octanol–water partition coefficient (Wildman–Crippen LogP) is 5.02. The molecular formula is C20H24F3N4O3+. The highest BCUT2D eigenvalue weighted by Crippen LogP contribution is 2.46. The fourth-order valence-corrected chi connectivity index (χ4v) is 3.39. The molecule has 30 heavy (non-hydrogen) atoms. The van der Waals surface area contributed by atoms with Gasteiger partial charge in [-0.25, -0.2) is 9.78 Å². The highest BCUT2D eigenvalue weighted by molar-refractivity contribution is 5.85. The number of alkyl halides is 3. The van der Waals surface area contributed by atoms with E-state index in [9.17, 15) is 22.9 Å². The van der Waals surface area contributed by atoms with E-state index in [4.69, 9.17) is 4.52 Å². The smallest absolute Gasteiger partial charge is 0.339 e. The van der Waals surface area contributed by atoms with Gasteiger partial charge in [-0.3, -0.25) is 0 Å². The van der Waals surface area contributed by atoms with Crippen LogP contribution in [0.1, 0.15) is 91.7 Å². The van der Waals surface area contributed by atoms with Gasteiger partial charge in [0, 0.05) is 23.4 Å². The van der Waals surface area contributed by atoms with E-state index >= 15 is 0 Å². The quantitative estimate of drug-likeness (QED) is 0.625. The highest BCUT2D eigenvalue weighted by atomic mass is 19.4. The average molecular weight is 425 g/mol. The maximum absolute atomic E-state index is 13.4. The second-order valence-electron chi connectivity index (χ2n) is 8.81. The normalized spacial score (nSPS) is 16.9. The molecule has 1 aliphatic carbocycles. The Labute approximate surface area is 171 Å². The first-order valence-corrected chi connectivity index (χ1v) is 9.68. The van der Waals surface area contributed by atoms with Crippen LogP contribution < -0.4 is 0 Å². The van der Waals surface area contributed by atoms with Crippen LogP contribution in [0.15, 0.2) is 16.8 Å². The van der Waals surface area contributed by atoms with Crippen molar-refractivity contribution >= 4 is 5.91 Å². The fourth-order valence-electron chi connectivity index (χ4n) is 3.39. The first-order valence-electron chi connectivity index (χ1n) is 9.68. The van der Waals surface area contributed by atoms with Crippen molar-refractivity contribution in [2.24, 2.45) is 5.41 Å². The van der Waals surface area contributed by atoms with Crippen LogP contribution in [0.3, 0.4) is 0 Å². The highest BCUT2D eigenvalue weighted by Gasteiger charge is 2.48. The zero-order chi connectivity index (χ0) is 22.4. The van der Waals surface area contributed by atoms with Gasteiger partial charge in [0.05, 0.1) is 10.7 Å². The first-order chi connectivity index (χ1) is 13.8. The van der Waals surface area contributed by atoms with Crippen molar-refractivity contribution in [2.75, 3.05) is 0 Å². The van der Waals surface area contributed by atoms with Crippen LogP contribution in [-0.4, -0.2) is 32.0 Å². The lowest BCUT2D eigenvalue weighted by Crippen LogP contribution is -2.34. The summed E-state index contributed by atoms with van der Waals surface area (Å²) in [6.45, 7) is 7.77. The molecule has 0 saturated heterocycles. The van der Waals surface area contributed by atoms with E-state index in [2.05, 4.69) is 15.1 Å². The Balaban J connectivity index is 2.00. The summed E-state index contributed by atoms with van der Waals surface area (Å²) in [5.41, 5.74) is -0.631. The molecule has 1 fully saturated rings. The van der Waals surface area contributed by atoms with Crippen molar-refractivity contribution in [1.29, 1.82) is 0 Å². The number of carbonyl (C=O) groups is 1.